The Hall–Kier alpha value is -1.13. The van der Waals surface area contributed by atoms with Crippen LogP contribution in [-0.4, -0.2) is 37.1 Å². The number of para-hydroxylation sites is 1. The number of anilines is 1. The summed E-state index contributed by atoms with van der Waals surface area (Å²) in [7, 11) is 4.23. The highest BCUT2D eigenvalue weighted by Gasteiger charge is 2.04. The van der Waals surface area contributed by atoms with Crippen molar-refractivity contribution in [2.45, 2.75) is 19.8 Å². The van der Waals surface area contributed by atoms with Crippen molar-refractivity contribution in [3.05, 3.63) is 23.8 Å². The van der Waals surface area contributed by atoms with Gasteiger partial charge in [0.25, 0.3) is 0 Å². The summed E-state index contributed by atoms with van der Waals surface area (Å²) in [5.74, 6) is 0. The van der Waals surface area contributed by atoms with E-state index >= 15 is 0 Å². The van der Waals surface area contributed by atoms with Gasteiger partial charge < -0.3 is 10.2 Å². The Bertz CT molecular complexity index is 505. The Labute approximate surface area is 113 Å². The Morgan fingerprint density at radius 1 is 1.28 bits per heavy atom. The maximum absolute atomic E-state index is 4.64. The quantitative estimate of drug-likeness (QED) is 0.810. The molecule has 98 valence electrons. The summed E-state index contributed by atoms with van der Waals surface area (Å²) >= 11 is 1.74. The summed E-state index contributed by atoms with van der Waals surface area (Å²) in [4.78, 5) is 6.87. The Morgan fingerprint density at radius 3 is 2.83 bits per heavy atom. The molecule has 1 aromatic carbocycles. The second-order valence-corrected chi connectivity index (χ2v) is 5.91. The van der Waals surface area contributed by atoms with Crippen LogP contribution in [0.2, 0.25) is 0 Å². The fourth-order valence-corrected chi connectivity index (χ4v) is 2.88. The smallest absolute Gasteiger partial charge is 0.183 e. The highest BCUT2D eigenvalue weighted by Crippen LogP contribution is 2.27. The van der Waals surface area contributed by atoms with Gasteiger partial charge in [0.15, 0.2) is 5.13 Å². The molecular formula is C14H21N3S. The third-order valence-electron chi connectivity index (χ3n) is 2.93. The number of benzene rings is 1. The molecule has 0 aliphatic carbocycles. The molecule has 0 atom stereocenters. The zero-order chi connectivity index (χ0) is 13.0. The summed E-state index contributed by atoms with van der Waals surface area (Å²) < 4.78 is 1.27. The molecule has 2 aromatic rings. The molecule has 1 heterocycles. The second-order valence-electron chi connectivity index (χ2n) is 4.88. The SMILES string of the molecule is Cc1cccc2sc(NCCCCN(C)C)nc12. The van der Waals surface area contributed by atoms with Crippen molar-refractivity contribution in [3.63, 3.8) is 0 Å². The van der Waals surface area contributed by atoms with E-state index in [1.54, 1.807) is 11.3 Å². The van der Waals surface area contributed by atoms with Crippen LogP contribution in [0.3, 0.4) is 0 Å². The monoisotopic (exact) mass is 263 g/mol. The maximum Gasteiger partial charge on any atom is 0.183 e. The maximum atomic E-state index is 4.64. The Balaban J connectivity index is 1.87. The van der Waals surface area contributed by atoms with Crippen molar-refractivity contribution in [2.24, 2.45) is 0 Å². The molecule has 1 N–H and O–H groups in total. The van der Waals surface area contributed by atoms with Crippen LogP contribution in [0.1, 0.15) is 18.4 Å². The lowest BCUT2D eigenvalue weighted by molar-refractivity contribution is 0.396. The second kappa shape index (κ2) is 6.16. The minimum absolute atomic E-state index is 1.01. The number of hydrogen-bond donors (Lipinski definition) is 1. The topological polar surface area (TPSA) is 28.2 Å². The van der Waals surface area contributed by atoms with E-state index in [0.717, 1.165) is 23.7 Å². The number of nitrogens with zero attached hydrogens (tertiary/aromatic N) is 2. The van der Waals surface area contributed by atoms with Gasteiger partial charge in [-0.15, -0.1) is 0 Å². The van der Waals surface area contributed by atoms with Crippen LogP contribution in [0.5, 0.6) is 0 Å². The first-order valence-corrected chi connectivity index (χ1v) is 7.23. The first-order valence-electron chi connectivity index (χ1n) is 6.41. The molecule has 18 heavy (non-hydrogen) atoms. The lowest BCUT2D eigenvalue weighted by Gasteiger charge is -2.08. The van der Waals surface area contributed by atoms with E-state index in [9.17, 15) is 0 Å². The van der Waals surface area contributed by atoms with E-state index in [4.69, 9.17) is 0 Å². The van der Waals surface area contributed by atoms with E-state index in [2.05, 4.69) is 54.4 Å². The zero-order valence-electron chi connectivity index (χ0n) is 11.4. The van der Waals surface area contributed by atoms with Crippen molar-refractivity contribution < 1.29 is 0 Å². The van der Waals surface area contributed by atoms with E-state index in [1.165, 1.54) is 23.1 Å². The van der Waals surface area contributed by atoms with Crippen molar-refractivity contribution in [1.82, 2.24) is 9.88 Å². The van der Waals surface area contributed by atoms with Gasteiger partial charge in [-0.05, 0) is 52.0 Å². The van der Waals surface area contributed by atoms with Gasteiger partial charge in [0.05, 0.1) is 10.2 Å². The number of aromatic nitrogens is 1. The number of rotatable bonds is 6. The predicted octanol–water partition coefficient (Wildman–Crippen LogP) is 3.36. The third kappa shape index (κ3) is 3.43. The summed E-state index contributed by atoms with van der Waals surface area (Å²) in [5, 5.41) is 4.47. The average molecular weight is 263 g/mol. The molecule has 0 bridgehead atoms. The van der Waals surface area contributed by atoms with Crippen LogP contribution >= 0.6 is 11.3 Å². The number of fused-ring (bicyclic) bond motifs is 1. The summed E-state index contributed by atoms with van der Waals surface area (Å²) in [6.45, 7) is 4.27. The van der Waals surface area contributed by atoms with E-state index in [0.29, 0.717) is 0 Å². The minimum atomic E-state index is 1.01. The first kappa shape index (κ1) is 13.3. The van der Waals surface area contributed by atoms with Crippen LogP contribution in [0.25, 0.3) is 10.2 Å². The molecule has 4 heteroatoms. The highest BCUT2D eigenvalue weighted by atomic mass is 32.1. The van der Waals surface area contributed by atoms with Crippen LogP contribution in [0.4, 0.5) is 5.13 Å². The molecule has 0 amide bonds. The normalized spacial score (nSPS) is 11.3. The molecule has 0 aliphatic rings. The van der Waals surface area contributed by atoms with Gasteiger partial charge in [0.1, 0.15) is 0 Å². The largest absolute Gasteiger partial charge is 0.361 e. The molecule has 0 spiro atoms. The van der Waals surface area contributed by atoms with Crippen LogP contribution in [0.15, 0.2) is 18.2 Å². The Morgan fingerprint density at radius 2 is 2.11 bits per heavy atom. The standard InChI is InChI=1S/C14H21N3S/c1-11-7-6-8-12-13(11)16-14(18-12)15-9-4-5-10-17(2)3/h6-8H,4-5,9-10H2,1-3H3,(H,15,16). The summed E-state index contributed by atoms with van der Waals surface area (Å²) in [5.41, 5.74) is 2.39. The van der Waals surface area contributed by atoms with Crippen molar-refractivity contribution in [3.8, 4) is 0 Å². The van der Waals surface area contributed by atoms with Gasteiger partial charge >= 0.3 is 0 Å². The molecule has 2 rings (SSSR count). The van der Waals surface area contributed by atoms with Crippen LogP contribution in [0, 0.1) is 6.92 Å². The number of aryl methyl sites for hydroxylation is 1. The zero-order valence-corrected chi connectivity index (χ0v) is 12.2. The molecule has 3 nitrogen and oxygen atoms in total. The van der Waals surface area contributed by atoms with Crippen LogP contribution in [-0.2, 0) is 0 Å². The molecule has 0 saturated heterocycles. The molecule has 0 unspecified atom stereocenters. The molecule has 1 aromatic heterocycles. The van der Waals surface area contributed by atoms with Crippen LogP contribution < -0.4 is 5.32 Å². The average Bonchev–Trinajstić information content (AvgIpc) is 2.72. The fourth-order valence-electron chi connectivity index (χ4n) is 1.91. The first-order chi connectivity index (χ1) is 8.66. The fraction of sp³-hybridized carbons (Fsp3) is 0.500. The highest BCUT2D eigenvalue weighted by molar-refractivity contribution is 7.22. The van der Waals surface area contributed by atoms with Gasteiger partial charge in [-0.2, -0.15) is 0 Å². The van der Waals surface area contributed by atoms with Gasteiger partial charge in [0.2, 0.25) is 0 Å². The van der Waals surface area contributed by atoms with Crippen molar-refractivity contribution in [1.29, 1.82) is 0 Å². The van der Waals surface area contributed by atoms with Gasteiger partial charge in [-0.1, -0.05) is 23.5 Å². The van der Waals surface area contributed by atoms with E-state index < -0.39 is 0 Å². The molecule has 0 saturated carbocycles. The van der Waals surface area contributed by atoms with Crippen molar-refractivity contribution in [2.75, 3.05) is 32.5 Å². The lowest BCUT2D eigenvalue weighted by atomic mass is 10.2. The van der Waals surface area contributed by atoms with E-state index in [1.807, 2.05) is 0 Å². The predicted molar refractivity (Wildman–Crippen MR) is 80.6 cm³/mol. The number of unbranched alkanes of at least 4 members (excludes halogenated alkanes) is 1. The number of hydrogen-bond acceptors (Lipinski definition) is 4. The van der Waals surface area contributed by atoms with Gasteiger partial charge in [-0.25, -0.2) is 4.98 Å². The number of nitrogens with one attached hydrogen (secondary N) is 1. The summed E-state index contributed by atoms with van der Waals surface area (Å²) in [6.07, 6.45) is 2.41. The lowest BCUT2D eigenvalue weighted by Crippen LogP contribution is -2.14. The van der Waals surface area contributed by atoms with Crippen molar-refractivity contribution >= 4 is 26.7 Å². The molecule has 0 radical (unpaired) electrons. The molecule has 0 aliphatic heterocycles. The minimum Gasteiger partial charge on any atom is -0.361 e. The summed E-state index contributed by atoms with van der Waals surface area (Å²) in [6, 6.07) is 6.34. The Kier molecular flexibility index (Phi) is 4.55. The number of thiazole rings is 1. The third-order valence-corrected chi connectivity index (χ3v) is 3.91. The molecule has 0 fully saturated rings. The van der Waals surface area contributed by atoms with Gasteiger partial charge in [0, 0.05) is 6.54 Å². The molecular weight excluding hydrogens is 242 g/mol. The van der Waals surface area contributed by atoms with Gasteiger partial charge in [-0.3, -0.25) is 0 Å². The van der Waals surface area contributed by atoms with E-state index in [-0.39, 0.29) is 0 Å².